The van der Waals surface area contributed by atoms with Crippen molar-refractivity contribution in [3.05, 3.63) is 129 Å². The van der Waals surface area contributed by atoms with Gasteiger partial charge in [-0.3, -0.25) is 13.9 Å². The lowest BCUT2D eigenvalue weighted by Crippen LogP contribution is -2.53. The minimum Gasteiger partial charge on any atom is -0.355 e. The summed E-state index contributed by atoms with van der Waals surface area (Å²) >= 11 is 9.54. The number of hydrogen-bond acceptors (Lipinski definition) is 4. The Kier molecular flexibility index (Phi) is 11.0. The molecule has 0 aliphatic heterocycles. The molecule has 4 aromatic carbocycles. The second-order valence-electron chi connectivity index (χ2n) is 10.1. The molecule has 7 nitrogen and oxygen atoms in total. The molecular formula is C33H33BrClN3O4S. The second kappa shape index (κ2) is 14.7. The highest BCUT2D eigenvalue weighted by molar-refractivity contribution is 9.10. The van der Waals surface area contributed by atoms with Gasteiger partial charge in [0.15, 0.2) is 0 Å². The van der Waals surface area contributed by atoms with Crippen LogP contribution in [0, 0.1) is 6.92 Å². The molecule has 0 radical (unpaired) electrons. The van der Waals surface area contributed by atoms with E-state index in [0.29, 0.717) is 21.7 Å². The molecule has 0 saturated carbocycles. The van der Waals surface area contributed by atoms with Crippen molar-refractivity contribution >= 4 is 55.1 Å². The normalized spacial score (nSPS) is 11.9. The van der Waals surface area contributed by atoms with Crippen molar-refractivity contribution < 1.29 is 18.0 Å². The molecule has 0 heterocycles. The first-order valence-corrected chi connectivity index (χ1v) is 16.4. The summed E-state index contributed by atoms with van der Waals surface area (Å²) in [5.74, 6) is -0.859. The predicted octanol–water partition coefficient (Wildman–Crippen LogP) is 6.38. The van der Waals surface area contributed by atoms with Gasteiger partial charge < -0.3 is 10.2 Å². The van der Waals surface area contributed by atoms with Crippen LogP contribution in [0.4, 0.5) is 5.69 Å². The van der Waals surface area contributed by atoms with Crippen molar-refractivity contribution in [3.63, 3.8) is 0 Å². The zero-order valence-electron chi connectivity index (χ0n) is 23.9. The van der Waals surface area contributed by atoms with Crippen molar-refractivity contribution in [3.8, 4) is 0 Å². The van der Waals surface area contributed by atoms with Crippen LogP contribution in [-0.4, -0.2) is 44.3 Å². The van der Waals surface area contributed by atoms with Gasteiger partial charge in [0.25, 0.3) is 10.0 Å². The Morgan fingerprint density at radius 2 is 1.56 bits per heavy atom. The standard InChI is InChI=1S/C33H33BrClN3O4S/c1-3-36-33(40)31(20-25-8-5-4-6-9-25)37(22-26-14-16-28(35)17-15-26)32(39)23-38(29-11-7-10-27(34)21-29)43(41,42)30-18-12-24(2)13-19-30/h4-19,21,31H,3,20,22-23H2,1-2H3,(H,36,40)/t31-/m0/s1. The molecule has 0 unspecified atom stereocenters. The summed E-state index contributed by atoms with van der Waals surface area (Å²) in [4.78, 5) is 29.4. The number of nitrogens with zero attached hydrogens (tertiary/aromatic N) is 2. The van der Waals surface area contributed by atoms with Crippen LogP contribution in [0.15, 0.2) is 112 Å². The van der Waals surface area contributed by atoms with Gasteiger partial charge in [0.2, 0.25) is 11.8 Å². The van der Waals surface area contributed by atoms with Gasteiger partial charge in [0.05, 0.1) is 10.6 Å². The number of nitrogens with one attached hydrogen (secondary N) is 1. The monoisotopic (exact) mass is 681 g/mol. The summed E-state index contributed by atoms with van der Waals surface area (Å²) in [6.07, 6.45) is 0.244. The lowest BCUT2D eigenvalue weighted by Gasteiger charge is -2.34. The van der Waals surface area contributed by atoms with Gasteiger partial charge in [-0.15, -0.1) is 0 Å². The number of benzene rings is 4. The number of anilines is 1. The molecule has 0 saturated heterocycles. The van der Waals surface area contributed by atoms with Crippen LogP contribution in [0.2, 0.25) is 5.02 Å². The Hall–Kier alpha value is -3.66. The minimum atomic E-state index is -4.16. The molecule has 2 amide bonds. The smallest absolute Gasteiger partial charge is 0.264 e. The van der Waals surface area contributed by atoms with Gasteiger partial charge in [0, 0.05) is 29.0 Å². The van der Waals surface area contributed by atoms with Crippen molar-refractivity contribution in [1.82, 2.24) is 10.2 Å². The zero-order valence-corrected chi connectivity index (χ0v) is 27.1. The molecule has 4 aromatic rings. The fraction of sp³-hybridized carbons (Fsp3) is 0.212. The number of halogens is 2. The average Bonchev–Trinajstić information content (AvgIpc) is 2.99. The van der Waals surface area contributed by atoms with Crippen LogP contribution in [0.25, 0.3) is 0 Å². The molecule has 0 aromatic heterocycles. The Bertz CT molecular complexity index is 1650. The summed E-state index contributed by atoms with van der Waals surface area (Å²) in [6, 6.07) is 28.8. The highest BCUT2D eigenvalue weighted by Gasteiger charge is 2.34. The quantitative estimate of drug-likeness (QED) is 0.188. The van der Waals surface area contributed by atoms with Crippen molar-refractivity contribution in [2.45, 2.75) is 37.8 Å². The predicted molar refractivity (Wildman–Crippen MR) is 174 cm³/mol. The third-order valence-corrected chi connectivity index (χ3v) is 9.41. The lowest BCUT2D eigenvalue weighted by molar-refractivity contribution is -0.140. The average molecular weight is 683 g/mol. The lowest BCUT2D eigenvalue weighted by atomic mass is 10.0. The Morgan fingerprint density at radius 1 is 0.884 bits per heavy atom. The number of carbonyl (C=O) groups excluding carboxylic acids is 2. The van der Waals surface area contributed by atoms with Gasteiger partial charge >= 0.3 is 0 Å². The molecule has 0 aliphatic rings. The van der Waals surface area contributed by atoms with E-state index in [1.54, 1.807) is 60.7 Å². The Morgan fingerprint density at radius 3 is 2.19 bits per heavy atom. The van der Waals surface area contributed by atoms with E-state index in [0.717, 1.165) is 21.0 Å². The van der Waals surface area contributed by atoms with Crippen LogP contribution >= 0.6 is 27.5 Å². The van der Waals surface area contributed by atoms with E-state index in [1.807, 2.05) is 44.2 Å². The number of carbonyl (C=O) groups is 2. The first-order valence-electron chi connectivity index (χ1n) is 13.8. The van der Waals surface area contributed by atoms with Crippen LogP contribution in [0.3, 0.4) is 0 Å². The van der Waals surface area contributed by atoms with E-state index < -0.39 is 28.5 Å². The maximum atomic E-state index is 14.4. The molecule has 0 spiro atoms. The summed E-state index contributed by atoms with van der Waals surface area (Å²) in [6.45, 7) is 3.60. The molecule has 0 bridgehead atoms. The number of amides is 2. The zero-order chi connectivity index (χ0) is 31.0. The van der Waals surface area contributed by atoms with Crippen LogP contribution < -0.4 is 9.62 Å². The summed E-state index contributed by atoms with van der Waals surface area (Å²) in [7, 11) is -4.16. The van der Waals surface area contributed by atoms with Crippen molar-refractivity contribution in [2.24, 2.45) is 0 Å². The SMILES string of the molecule is CCNC(=O)[C@H](Cc1ccccc1)N(Cc1ccc(Cl)cc1)C(=O)CN(c1cccc(Br)c1)S(=O)(=O)c1ccc(C)cc1. The highest BCUT2D eigenvalue weighted by Crippen LogP contribution is 2.27. The number of sulfonamides is 1. The molecular weight excluding hydrogens is 650 g/mol. The number of rotatable bonds is 12. The molecule has 10 heteroatoms. The second-order valence-corrected chi connectivity index (χ2v) is 13.3. The van der Waals surface area contributed by atoms with Crippen LogP contribution in [0.5, 0.6) is 0 Å². The topological polar surface area (TPSA) is 86.8 Å². The summed E-state index contributed by atoms with van der Waals surface area (Å²) in [5.41, 5.74) is 2.83. The Labute approximate surface area is 266 Å². The van der Waals surface area contributed by atoms with Crippen LogP contribution in [-0.2, 0) is 32.6 Å². The number of likely N-dealkylation sites (N-methyl/N-ethyl adjacent to an activating group) is 1. The van der Waals surface area contributed by atoms with Gasteiger partial charge in [-0.2, -0.15) is 0 Å². The molecule has 43 heavy (non-hydrogen) atoms. The van der Waals surface area contributed by atoms with E-state index in [9.17, 15) is 18.0 Å². The largest absolute Gasteiger partial charge is 0.355 e. The first-order chi connectivity index (χ1) is 20.6. The molecule has 0 aliphatic carbocycles. The minimum absolute atomic E-state index is 0.0553. The highest BCUT2D eigenvalue weighted by atomic mass is 79.9. The van der Waals surface area contributed by atoms with Crippen LogP contribution in [0.1, 0.15) is 23.6 Å². The number of hydrogen-bond donors (Lipinski definition) is 1. The molecule has 4 rings (SSSR count). The fourth-order valence-corrected chi connectivity index (χ4v) is 6.55. The van der Waals surface area contributed by atoms with Gasteiger partial charge in [-0.1, -0.05) is 93.8 Å². The van der Waals surface area contributed by atoms with E-state index in [1.165, 1.54) is 17.0 Å². The fourth-order valence-electron chi connectivity index (χ4n) is 4.63. The van der Waals surface area contributed by atoms with Gasteiger partial charge in [-0.05, 0) is 67.4 Å². The summed E-state index contributed by atoms with van der Waals surface area (Å²) in [5, 5.41) is 3.40. The molecule has 1 N–H and O–H groups in total. The molecule has 0 fully saturated rings. The van der Waals surface area contributed by atoms with E-state index in [-0.39, 0.29) is 23.8 Å². The third-order valence-electron chi connectivity index (χ3n) is 6.87. The summed E-state index contributed by atoms with van der Waals surface area (Å²) < 4.78 is 29.9. The first kappa shape index (κ1) is 32.3. The number of aryl methyl sites for hydroxylation is 1. The van der Waals surface area contributed by atoms with E-state index >= 15 is 0 Å². The van der Waals surface area contributed by atoms with Gasteiger partial charge in [0.1, 0.15) is 12.6 Å². The van der Waals surface area contributed by atoms with Crippen molar-refractivity contribution in [1.29, 1.82) is 0 Å². The Balaban J connectivity index is 1.79. The maximum absolute atomic E-state index is 14.4. The van der Waals surface area contributed by atoms with Gasteiger partial charge in [-0.25, -0.2) is 8.42 Å². The van der Waals surface area contributed by atoms with E-state index in [2.05, 4.69) is 21.2 Å². The maximum Gasteiger partial charge on any atom is 0.264 e. The molecule has 224 valence electrons. The van der Waals surface area contributed by atoms with Crippen molar-refractivity contribution in [2.75, 3.05) is 17.4 Å². The molecule has 1 atom stereocenters. The van der Waals surface area contributed by atoms with E-state index in [4.69, 9.17) is 11.6 Å². The third kappa shape index (κ3) is 8.46.